The second kappa shape index (κ2) is 6.33. The van der Waals surface area contributed by atoms with Crippen molar-refractivity contribution in [3.05, 3.63) is 29.0 Å². The van der Waals surface area contributed by atoms with Gasteiger partial charge in [0.1, 0.15) is 5.82 Å². The molecular formula is C15H18Cl2N2O. The van der Waals surface area contributed by atoms with Crippen molar-refractivity contribution in [2.24, 2.45) is 0 Å². The Morgan fingerprint density at radius 3 is 3.00 bits per heavy atom. The molecule has 1 saturated heterocycles. The molecule has 1 unspecified atom stereocenters. The van der Waals surface area contributed by atoms with Crippen LogP contribution in [0.2, 0.25) is 5.02 Å². The van der Waals surface area contributed by atoms with Crippen LogP contribution in [0.4, 0.5) is 0 Å². The van der Waals surface area contributed by atoms with Gasteiger partial charge in [-0.3, -0.25) is 0 Å². The van der Waals surface area contributed by atoms with Gasteiger partial charge in [-0.05, 0) is 37.5 Å². The predicted octanol–water partition coefficient (Wildman–Crippen LogP) is 4.04. The summed E-state index contributed by atoms with van der Waals surface area (Å²) >= 11 is 11.9. The molecular weight excluding hydrogens is 295 g/mol. The average molecular weight is 313 g/mol. The highest BCUT2D eigenvalue weighted by molar-refractivity contribution is 6.31. The molecule has 3 rings (SSSR count). The third-order valence-corrected chi connectivity index (χ3v) is 4.19. The topological polar surface area (TPSA) is 27.1 Å². The lowest BCUT2D eigenvalue weighted by molar-refractivity contribution is 0.00621. The highest BCUT2D eigenvalue weighted by Crippen LogP contribution is 2.23. The van der Waals surface area contributed by atoms with E-state index in [-0.39, 0.29) is 6.10 Å². The van der Waals surface area contributed by atoms with E-state index in [0.717, 1.165) is 42.9 Å². The number of aromatic nitrogens is 2. The maximum Gasteiger partial charge on any atom is 0.111 e. The smallest absolute Gasteiger partial charge is 0.111 e. The molecule has 0 radical (unpaired) electrons. The number of nitrogens with zero attached hydrogens (tertiary/aromatic N) is 2. The summed E-state index contributed by atoms with van der Waals surface area (Å²) in [5, 5.41) is 0.716. The van der Waals surface area contributed by atoms with Crippen molar-refractivity contribution in [3.8, 4) is 0 Å². The SMILES string of the molecule is ClCCc1nc2cc(Cl)ccc2n1CC1CCCCO1. The van der Waals surface area contributed by atoms with Crippen molar-refractivity contribution >= 4 is 34.2 Å². The summed E-state index contributed by atoms with van der Waals surface area (Å²) in [5.41, 5.74) is 2.05. The van der Waals surface area contributed by atoms with Gasteiger partial charge in [0.2, 0.25) is 0 Å². The first kappa shape index (κ1) is 14.2. The number of hydrogen-bond donors (Lipinski definition) is 0. The second-order valence-electron chi connectivity index (χ2n) is 5.20. The van der Waals surface area contributed by atoms with Crippen molar-refractivity contribution in [1.29, 1.82) is 0 Å². The van der Waals surface area contributed by atoms with Gasteiger partial charge in [-0.1, -0.05) is 11.6 Å². The number of alkyl halides is 1. The summed E-state index contributed by atoms with van der Waals surface area (Å²) in [6.45, 7) is 1.72. The maximum atomic E-state index is 6.05. The summed E-state index contributed by atoms with van der Waals surface area (Å²) in [6, 6.07) is 5.85. The molecule has 5 heteroatoms. The third kappa shape index (κ3) is 2.95. The van der Waals surface area contributed by atoms with E-state index in [9.17, 15) is 0 Å². The van der Waals surface area contributed by atoms with Gasteiger partial charge in [-0.25, -0.2) is 4.98 Å². The number of hydrogen-bond acceptors (Lipinski definition) is 2. The molecule has 0 N–H and O–H groups in total. The Morgan fingerprint density at radius 2 is 2.25 bits per heavy atom. The van der Waals surface area contributed by atoms with Crippen molar-refractivity contribution in [2.45, 2.75) is 38.3 Å². The van der Waals surface area contributed by atoms with Gasteiger partial charge < -0.3 is 9.30 Å². The van der Waals surface area contributed by atoms with E-state index in [0.29, 0.717) is 10.9 Å². The summed E-state index contributed by atoms with van der Waals surface area (Å²) in [4.78, 5) is 4.67. The molecule has 0 aliphatic carbocycles. The highest BCUT2D eigenvalue weighted by Gasteiger charge is 2.18. The van der Waals surface area contributed by atoms with Crippen LogP contribution in [-0.4, -0.2) is 28.1 Å². The molecule has 1 aromatic carbocycles. The Labute approximate surface area is 128 Å². The second-order valence-corrected chi connectivity index (χ2v) is 6.01. The zero-order chi connectivity index (χ0) is 13.9. The molecule has 0 saturated carbocycles. The first-order valence-corrected chi connectivity index (χ1v) is 8.01. The van der Waals surface area contributed by atoms with E-state index < -0.39 is 0 Å². The minimum atomic E-state index is 0.283. The highest BCUT2D eigenvalue weighted by atomic mass is 35.5. The van der Waals surface area contributed by atoms with Gasteiger partial charge in [0.15, 0.2) is 0 Å². The van der Waals surface area contributed by atoms with Crippen LogP contribution in [0, 0.1) is 0 Å². The van der Waals surface area contributed by atoms with Gasteiger partial charge in [-0.15, -0.1) is 11.6 Å². The van der Waals surface area contributed by atoms with Crippen LogP contribution in [0.1, 0.15) is 25.1 Å². The van der Waals surface area contributed by atoms with Crippen LogP contribution in [-0.2, 0) is 17.7 Å². The molecule has 20 heavy (non-hydrogen) atoms. The number of halogens is 2. The first-order chi connectivity index (χ1) is 9.78. The summed E-state index contributed by atoms with van der Waals surface area (Å²) in [6.07, 6.45) is 4.58. The van der Waals surface area contributed by atoms with Gasteiger partial charge >= 0.3 is 0 Å². The molecule has 1 fully saturated rings. The van der Waals surface area contributed by atoms with Gasteiger partial charge in [0.25, 0.3) is 0 Å². The molecule has 0 amide bonds. The average Bonchev–Trinajstić information content (AvgIpc) is 2.77. The van der Waals surface area contributed by atoms with Gasteiger partial charge in [-0.2, -0.15) is 0 Å². The van der Waals surface area contributed by atoms with Crippen LogP contribution >= 0.6 is 23.2 Å². The molecule has 1 aliphatic rings. The number of imidazole rings is 1. The number of benzene rings is 1. The van der Waals surface area contributed by atoms with E-state index >= 15 is 0 Å². The first-order valence-electron chi connectivity index (χ1n) is 7.10. The fraction of sp³-hybridized carbons (Fsp3) is 0.533. The Balaban J connectivity index is 1.95. The minimum Gasteiger partial charge on any atom is -0.376 e. The number of fused-ring (bicyclic) bond motifs is 1. The quantitative estimate of drug-likeness (QED) is 0.797. The molecule has 3 nitrogen and oxygen atoms in total. The summed E-state index contributed by atoms with van der Waals surface area (Å²) in [5.74, 6) is 1.59. The zero-order valence-corrected chi connectivity index (χ0v) is 12.8. The standard InChI is InChI=1S/C15H18Cl2N2O/c16-7-6-15-18-13-9-11(17)4-5-14(13)19(15)10-12-3-1-2-8-20-12/h4-5,9,12H,1-3,6-8,10H2. The molecule has 0 spiro atoms. The molecule has 1 atom stereocenters. The lowest BCUT2D eigenvalue weighted by atomic mass is 10.1. The fourth-order valence-corrected chi connectivity index (χ4v) is 3.12. The van der Waals surface area contributed by atoms with Gasteiger partial charge in [0.05, 0.1) is 23.7 Å². The Morgan fingerprint density at radius 1 is 1.35 bits per heavy atom. The molecule has 108 valence electrons. The van der Waals surface area contributed by atoms with Crippen molar-refractivity contribution in [2.75, 3.05) is 12.5 Å². The molecule has 2 aromatic rings. The van der Waals surface area contributed by atoms with Crippen molar-refractivity contribution < 1.29 is 4.74 Å². The Bertz CT molecular complexity index is 591. The van der Waals surface area contributed by atoms with E-state index in [2.05, 4.69) is 9.55 Å². The van der Waals surface area contributed by atoms with Crippen molar-refractivity contribution in [1.82, 2.24) is 9.55 Å². The zero-order valence-electron chi connectivity index (χ0n) is 11.3. The van der Waals surface area contributed by atoms with Crippen LogP contribution in [0.3, 0.4) is 0 Å². The van der Waals surface area contributed by atoms with Crippen LogP contribution in [0.5, 0.6) is 0 Å². The Hall–Kier alpha value is -0.770. The summed E-state index contributed by atoms with van der Waals surface area (Å²) < 4.78 is 8.09. The molecule has 2 heterocycles. The maximum absolute atomic E-state index is 6.05. The van der Waals surface area contributed by atoms with E-state index in [1.54, 1.807) is 0 Å². The largest absolute Gasteiger partial charge is 0.376 e. The monoisotopic (exact) mass is 312 g/mol. The minimum absolute atomic E-state index is 0.283. The van der Waals surface area contributed by atoms with Crippen LogP contribution in [0.15, 0.2) is 18.2 Å². The van der Waals surface area contributed by atoms with E-state index in [1.165, 1.54) is 12.8 Å². The van der Waals surface area contributed by atoms with E-state index in [1.807, 2.05) is 18.2 Å². The lowest BCUT2D eigenvalue weighted by Gasteiger charge is -2.24. The number of rotatable bonds is 4. The van der Waals surface area contributed by atoms with Crippen molar-refractivity contribution in [3.63, 3.8) is 0 Å². The molecule has 1 aliphatic heterocycles. The molecule has 0 bridgehead atoms. The van der Waals surface area contributed by atoms with Gasteiger partial charge in [0, 0.05) is 23.9 Å². The predicted molar refractivity (Wildman–Crippen MR) is 82.8 cm³/mol. The normalized spacial score (nSPS) is 19.6. The number of aryl methyl sites for hydroxylation is 1. The third-order valence-electron chi connectivity index (χ3n) is 3.77. The molecule has 1 aromatic heterocycles. The lowest BCUT2D eigenvalue weighted by Crippen LogP contribution is -2.25. The summed E-state index contributed by atoms with van der Waals surface area (Å²) in [7, 11) is 0. The van der Waals surface area contributed by atoms with Crippen LogP contribution in [0.25, 0.3) is 11.0 Å². The fourth-order valence-electron chi connectivity index (χ4n) is 2.79. The van der Waals surface area contributed by atoms with E-state index in [4.69, 9.17) is 27.9 Å². The Kier molecular flexibility index (Phi) is 4.49. The van der Waals surface area contributed by atoms with Crippen LogP contribution < -0.4 is 0 Å². The number of ether oxygens (including phenoxy) is 1.